The molecule has 9 nitrogen and oxygen atoms in total. The van der Waals surface area contributed by atoms with Crippen LogP contribution in [-0.2, 0) is 20.7 Å². The summed E-state index contributed by atoms with van der Waals surface area (Å²) in [5.74, 6) is 0.650. The number of hydrogen-bond donors (Lipinski definition) is 3. The van der Waals surface area contributed by atoms with E-state index in [-0.39, 0.29) is 31.2 Å². The zero-order chi connectivity index (χ0) is 27.0. The Kier molecular flexibility index (Phi) is 6.95. The number of para-hydroxylation sites is 1. The van der Waals surface area contributed by atoms with Gasteiger partial charge in [0.25, 0.3) is 0 Å². The first-order chi connectivity index (χ1) is 18.9. The Morgan fingerprint density at radius 3 is 2.90 bits per heavy atom. The van der Waals surface area contributed by atoms with Crippen molar-refractivity contribution >= 4 is 22.8 Å². The molecular formula is C30H35N3O6. The van der Waals surface area contributed by atoms with Crippen molar-refractivity contribution in [1.29, 1.82) is 0 Å². The topological polar surface area (TPSA) is 113 Å². The molecule has 1 saturated heterocycles. The lowest BCUT2D eigenvalue weighted by molar-refractivity contribution is -0.146. The summed E-state index contributed by atoms with van der Waals surface area (Å²) in [6.45, 7) is 0.867. The molecule has 0 unspecified atom stereocenters. The molecule has 39 heavy (non-hydrogen) atoms. The van der Waals surface area contributed by atoms with Crippen molar-refractivity contribution in [2.75, 3.05) is 27.0 Å². The number of piperidine rings is 1. The number of rotatable bonds is 7. The summed E-state index contributed by atoms with van der Waals surface area (Å²) in [6.07, 6.45) is 6.51. The molecule has 1 saturated carbocycles. The molecule has 2 aromatic carbocycles. The number of ether oxygens (including phenoxy) is 3. The van der Waals surface area contributed by atoms with Crippen molar-refractivity contribution in [2.45, 2.75) is 56.2 Å². The highest BCUT2D eigenvalue weighted by atomic mass is 16.7. The maximum Gasteiger partial charge on any atom is 0.328 e. The Morgan fingerprint density at radius 1 is 1.18 bits per heavy atom. The van der Waals surface area contributed by atoms with Gasteiger partial charge in [0.05, 0.1) is 19.3 Å². The molecule has 9 heteroatoms. The van der Waals surface area contributed by atoms with E-state index in [0.717, 1.165) is 47.7 Å². The van der Waals surface area contributed by atoms with Gasteiger partial charge in [0.15, 0.2) is 11.5 Å². The number of methoxy groups -OCH3 is 1. The number of benzene rings is 2. The van der Waals surface area contributed by atoms with Crippen LogP contribution in [0.25, 0.3) is 10.9 Å². The standard InChI is InChI=1S/C30H35N3O6/c1-37-29(35)24(14-20-16-31-23-8-3-2-6-21(20)23)32-27(34)17-33-13-12-30(36)11-5-4-7-22(30)28(33)19-9-10-25-26(15-19)39-18-38-25/h2-3,6,8-10,15-16,22,24,28,31,36H,4-5,7,11-14,17-18H2,1H3,(H,32,34)/t22-,24-,28-,30-/m0/s1. The normalized spacial score (nSPS) is 25.2. The summed E-state index contributed by atoms with van der Waals surface area (Å²) < 4.78 is 16.2. The number of carbonyl (C=O) groups is 2. The average molecular weight is 534 g/mol. The molecule has 1 aliphatic carbocycles. The number of carbonyl (C=O) groups excluding carboxylic acids is 2. The number of likely N-dealkylation sites (tertiary alicyclic amines) is 1. The summed E-state index contributed by atoms with van der Waals surface area (Å²) in [4.78, 5) is 31.5. The van der Waals surface area contributed by atoms with E-state index < -0.39 is 17.6 Å². The van der Waals surface area contributed by atoms with E-state index >= 15 is 0 Å². The second-order valence-electron chi connectivity index (χ2n) is 10.9. The first-order valence-electron chi connectivity index (χ1n) is 13.7. The van der Waals surface area contributed by atoms with Crippen LogP contribution in [0.2, 0.25) is 0 Å². The molecule has 2 aliphatic heterocycles. The van der Waals surface area contributed by atoms with Gasteiger partial charge < -0.3 is 29.6 Å². The van der Waals surface area contributed by atoms with Crippen LogP contribution in [-0.4, -0.2) is 65.5 Å². The highest BCUT2D eigenvalue weighted by Crippen LogP contribution is 2.50. The molecule has 1 amide bonds. The molecule has 3 heterocycles. The number of amides is 1. The van der Waals surface area contributed by atoms with Gasteiger partial charge in [0.2, 0.25) is 12.7 Å². The number of esters is 1. The second-order valence-corrected chi connectivity index (χ2v) is 10.9. The SMILES string of the molecule is COC(=O)[C@H](Cc1c[nH]c2ccccc12)NC(=O)CN1CC[C@@]2(O)CCCC[C@H]2[C@@H]1c1ccc2c(c1)OCO2. The maximum absolute atomic E-state index is 13.5. The zero-order valence-electron chi connectivity index (χ0n) is 22.2. The summed E-state index contributed by atoms with van der Waals surface area (Å²) in [7, 11) is 1.33. The Labute approximate surface area is 227 Å². The fourth-order valence-corrected chi connectivity index (χ4v) is 6.74. The number of nitrogens with one attached hydrogen (secondary N) is 2. The van der Waals surface area contributed by atoms with Gasteiger partial charge in [0.1, 0.15) is 6.04 Å². The van der Waals surface area contributed by atoms with Crippen LogP contribution in [0, 0.1) is 5.92 Å². The van der Waals surface area contributed by atoms with Crippen LogP contribution in [0.1, 0.15) is 49.3 Å². The highest BCUT2D eigenvalue weighted by Gasteiger charge is 2.49. The minimum Gasteiger partial charge on any atom is -0.467 e. The van der Waals surface area contributed by atoms with Gasteiger partial charge in [-0.2, -0.15) is 0 Å². The van der Waals surface area contributed by atoms with E-state index in [4.69, 9.17) is 14.2 Å². The summed E-state index contributed by atoms with van der Waals surface area (Å²) in [5, 5.41) is 15.5. The van der Waals surface area contributed by atoms with Crippen LogP contribution in [0.3, 0.4) is 0 Å². The number of H-pyrrole nitrogens is 1. The summed E-state index contributed by atoms with van der Waals surface area (Å²) in [5.41, 5.74) is 2.16. The molecule has 3 aliphatic rings. The fourth-order valence-electron chi connectivity index (χ4n) is 6.74. The number of fused-ring (bicyclic) bond motifs is 3. The van der Waals surface area contributed by atoms with E-state index in [1.807, 2.05) is 48.7 Å². The van der Waals surface area contributed by atoms with Gasteiger partial charge >= 0.3 is 5.97 Å². The van der Waals surface area contributed by atoms with Crippen molar-refractivity contribution in [2.24, 2.45) is 5.92 Å². The molecule has 206 valence electrons. The van der Waals surface area contributed by atoms with Gasteiger partial charge in [-0.1, -0.05) is 37.1 Å². The molecule has 4 atom stereocenters. The van der Waals surface area contributed by atoms with Crippen molar-refractivity contribution < 1.29 is 28.9 Å². The smallest absolute Gasteiger partial charge is 0.328 e. The largest absolute Gasteiger partial charge is 0.467 e. The van der Waals surface area contributed by atoms with E-state index in [0.29, 0.717) is 30.9 Å². The van der Waals surface area contributed by atoms with Gasteiger partial charge in [-0.3, -0.25) is 9.69 Å². The predicted molar refractivity (Wildman–Crippen MR) is 144 cm³/mol. The minimum atomic E-state index is -0.817. The molecule has 0 bridgehead atoms. The highest BCUT2D eigenvalue weighted by molar-refractivity contribution is 5.88. The Hall–Kier alpha value is -3.56. The molecule has 2 fully saturated rings. The first kappa shape index (κ1) is 25.7. The molecule has 1 aromatic heterocycles. The van der Waals surface area contributed by atoms with Crippen LogP contribution < -0.4 is 14.8 Å². The van der Waals surface area contributed by atoms with Crippen molar-refractivity contribution in [3.63, 3.8) is 0 Å². The second kappa shape index (κ2) is 10.5. The predicted octanol–water partition coefficient (Wildman–Crippen LogP) is 3.47. The van der Waals surface area contributed by atoms with Gasteiger partial charge in [-0.25, -0.2) is 4.79 Å². The molecule has 0 spiro atoms. The van der Waals surface area contributed by atoms with Crippen LogP contribution in [0.5, 0.6) is 11.5 Å². The quantitative estimate of drug-likeness (QED) is 0.399. The molecule has 3 aromatic rings. The van der Waals surface area contributed by atoms with E-state index in [9.17, 15) is 14.7 Å². The van der Waals surface area contributed by atoms with Crippen molar-refractivity contribution in [3.8, 4) is 11.5 Å². The third-order valence-corrected chi connectivity index (χ3v) is 8.68. The lowest BCUT2D eigenvalue weighted by atomic mass is 9.66. The zero-order valence-corrected chi connectivity index (χ0v) is 22.2. The number of aliphatic hydroxyl groups is 1. The average Bonchev–Trinajstić information content (AvgIpc) is 3.59. The lowest BCUT2D eigenvalue weighted by Gasteiger charge is -2.52. The fraction of sp³-hybridized carbons (Fsp3) is 0.467. The van der Waals surface area contributed by atoms with E-state index in [1.165, 1.54) is 7.11 Å². The number of hydrogen-bond acceptors (Lipinski definition) is 7. The molecular weight excluding hydrogens is 498 g/mol. The number of nitrogens with zero attached hydrogens (tertiary/aromatic N) is 1. The van der Waals surface area contributed by atoms with Crippen molar-refractivity contribution in [3.05, 3.63) is 59.8 Å². The van der Waals surface area contributed by atoms with Gasteiger partial charge in [-0.15, -0.1) is 0 Å². The van der Waals surface area contributed by atoms with Crippen LogP contribution in [0.15, 0.2) is 48.7 Å². The van der Waals surface area contributed by atoms with Crippen LogP contribution >= 0.6 is 0 Å². The van der Waals surface area contributed by atoms with E-state index in [1.54, 1.807) is 0 Å². The summed E-state index contributed by atoms with van der Waals surface area (Å²) in [6, 6.07) is 12.8. The maximum atomic E-state index is 13.5. The summed E-state index contributed by atoms with van der Waals surface area (Å²) >= 11 is 0. The Morgan fingerprint density at radius 2 is 2.03 bits per heavy atom. The lowest BCUT2D eigenvalue weighted by Crippen LogP contribution is -2.57. The Balaban J connectivity index is 1.23. The monoisotopic (exact) mass is 533 g/mol. The molecule has 0 radical (unpaired) electrons. The van der Waals surface area contributed by atoms with E-state index in [2.05, 4.69) is 15.2 Å². The molecule has 6 rings (SSSR count). The third-order valence-electron chi connectivity index (χ3n) is 8.68. The van der Waals surface area contributed by atoms with Gasteiger partial charge in [0, 0.05) is 42.0 Å². The number of aromatic amines is 1. The van der Waals surface area contributed by atoms with Crippen LogP contribution in [0.4, 0.5) is 0 Å². The van der Waals surface area contributed by atoms with Gasteiger partial charge in [-0.05, 0) is 48.6 Å². The Bertz CT molecular complexity index is 1370. The first-order valence-corrected chi connectivity index (χ1v) is 13.7. The number of aromatic nitrogens is 1. The molecule has 3 N–H and O–H groups in total. The van der Waals surface area contributed by atoms with Crippen molar-refractivity contribution in [1.82, 2.24) is 15.2 Å². The minimum absolute atomic E-state index is 0.00389. The third kappa shape index (κ3) is 4.96.